The number of nitrogens with zero attached hydrogens (tertiary/aromatic N) is 2. The lowest BCUT2D eigenvalue weighted by atomic mass is 10.3. The fourth-order valence-corrected chi connectivity index (χ4v) is 6.23. The molecule has 0 aromatic carbocycles. The van der Waals surface area contributed by atoms with E-state index in [1.807, 2.05) is 6.92 Å². The molecule has 0 spiro atoms. The van der Waals surface area contributed by atoms with Crippen molar-refractivity contribution in [3.63, 3.8) is 0 Å². The van der Waals surface area contributed by atoms with Crippen molar-refractivity contribution in [3.8, 4) is 0 Å². The van der Waals surface area contributed by atoms with Crippen molar-refractivity contribution in [2.45, 2.75) is 42.6 Å². The number of aryl methyl sites for hydroxylation is 1. The summed E-state index contributed by atoms with van der Waals surface area (Å²) in [7, 11) is -3.86. The molecule has 0 radical (unpaired) electrons. The average Bonchev–Trinajstić information content (AvgIpc) is 3.01. The van der Waals surface area contributed by atoms with Crippen LogP contribution >= 0.6 is 11.8 Å². The maximum atomic E-state index is 12.8. The molecule has 1 saturated heterocycles. The quantitative estimate of drug-likeness (QED) is 0.831. The number of carboxylic acid groups (broad SMARTS) is 1. The van der Waals surface area contributed by atoms with Crippen LogP contribution in [-0.4, -0.2) is 50.9 Å². The summed E-state index contributed by atoms with van der Waals surface area (Å²) in [6.45, 7) is 1.87. The molecule has 3 rings (SSSR count). The summed E-state index contributed by atoms with van der Waals surface area (Å²) in [4.78, 5) is 18.2. The van der Waals surface area contributed by atoms with Crippen LogP contribution in [0.2, 0.25) is 0 Å². The minimum atomic E-state index is -3.86. The van der Waals surface area contributed by atoms with Gasteiger partial charge in [0.2, 0.25) is 0 Å². The monoisotopic (exact) mass is 331 g/mol. The van der Waals surface area contributed by atoms with Gasteiger partial charge in [0.15, 0.2) is 5.03 Å². The number of hydrogen-bond acceptors (Lipinski definition) is 5. The highest BCUT2D eigenvalue weighted by Gasteiger charge is 2.52. The van der Waals surface area contributed by atoms with E-state index in [2.05, 4.69) is 9.97 Å². The number of carboxylic acids is 1. The lowest BCUT2D eigenvalue weighted by molar-refractivity contribution is -0.140. The minimum absolute atomic E-state index is 0.0150. The van der Waals surface area contributed by atoms with E-state index >= 15 is 0 Å². The number of hydrogen-bond donors (Lipinski definition) is 2. The van der Waals surface area contributed by atoms with Gasteiger partial charge in [-0.15, -0.1) is 11.8 Å². The van der Waals surface area contributed by atoms with Gasteiger partial charge in [-0.05, 0) is 18.8 Å². The number of imidazole rings is 1. The number of rotatable bonds is 5. The predicted octanol–water partition coefficient (Wildman–Crippen LogP) is 0.899. The Morgan fingerprint density at radius 1 is 1.57 bits per heavy atom. The van der Waals surface area contributed by atoms with E-state index in [0.717, 1.165) is 12.8 Å². The van der Waals surface area contributed by atoms with Crippen molar-refractivity contribution in [3.05, 3.63) is 12.0 Å². The van der Waals surface area contributed by atoms with Crippen LogP contribution in [0.5, 0.6) is 0 Å². The second kappa shape index (κ2) is 5.29. The van der Waals surface area contributed by atoms with Crippen LogP contribution in [-0.2, 0) is 21.2 Å². The fraction of sp³-hybridized carbons (Fsp3) is 0.667. The van der Waals surface area contributed by atoms with Crippen molar-refractivity contribution in [1.29, 1.82) is 0 Å². The van der Waals surface area contributed by atoms with Gasteiger partial charge in [0.25, 0.3) is 10.0 Å². The molecule has 21 heavy (non-hydrogen) atoms. The summed E-state index contributed by atoms with van der Waals surface area (Å²) in [5.41, 5.74) is 0. The smallest absolute Gasteiger partial charge is 0.322 e. The van der Waals surface area contributed by atoms with Crippen LogP contribution in [0.25, 0.3) is 0 Å². The maximum Gasteiger partial charge on any atom is 0.322 e. The van der Waals surface area contributed by atoms with Gasteiger partial charge in [0.1, 0.15) is 11.9 Å². The molecule has 2 heterocycles. The molecule has 2 N–H and O–H groups in total. The highest BCUT2D eigenvalue weighted by atomic mass is 32.2. The first-order valence-corrected chi connectivity index (χ1v) is 9.36. The van der Waals surface area contributed by atoms with E-state index in [1.165, 1.54) is 22.3 Å². The molecular formula is C12H17N3O4S2. The molecule has 1 aliphatic carbocycles. The highest BCUT2D eigenvalue weighted by Crippen LogP contribution is 2.47. The predicted molar refractivity (Wildman–Crippen MR) is 77.4 cm³/mol. The molecule has 0 amide bonds. The summed E-state index contributed by atoms with van der Waals surface area (Å²) < 4.78 is 26.8. The van der Waals surface area contributed by atoms with Crippen LogP contribution < -0.4 is 0 Å². The number of aliphatic carboxylic acids is 1. The number of sulfonamides is 1. The summed E-state index contributed by atoms with van der Waals surface area (Å²) in [5, 5.41) is 9.03. The number of thioether (sulfide) groups is 1. The zero-order valence-corrected chi connectivity index (χ0v) is 13.2. The largest absolute Gasteiger partial charge is 0.480 e. The Kier molecular flexibility index (Phi) is 3.74. The zero-order chi connectivity index (χ0) is 15.2. The van der Waals surface area contributed by atoms with E-state index in [1.54, 1.807) is 0 Å². The third-order valence-corrected chi connectivity index (χ3v) is 7.18. The number of carbonyl (C=O) groups is 1. The van der Waals surface area contributed by atoms with Crippen LogP contribution in [0.3, 0.4) is 0 Å². The standard InChI is InChI=1S/C12H17N3O4S2/c1-2-9-13-5-10(14-9)21(18,19)15-8(12(16)17)6-20-11(15)7-3-4-7/h5,7-8,11H,2-4,6H2,1H3,(H,13,14)(H,16,17). The molecule has 116 valence electrons. The second-order valence-electron chi connectivity index (χ2n) is 5.30. The van der Waals surface area contributed by atoms with Crippen molar-refractivity contribution in [2.75, 3.05) is 5.75 Å². The number of aromatic amines is 1. The minimum Gasteiger partial charge on any atom is -0.480 e. The van der Waals surface area contributed by atoms with Gasteiger partial charge in [-0.1, -0.05) is 6.92 Å². The number of nitrogens with one attached hydrogen (secondary N) is 1. The molecule has 2 aliphatic rings. The Bertz CT molecular complexity index is 653. The Morgan fingerprint density at radius 3 is 2.81 bits per heavy atom. The molecule has 2 fully saturated rings. The van der Waals surface area contributed by atoms with E-state index in [9.17, 15) is 18.3 Å². The fourth-order valence-electron chi connectivity index (χ4n) is 2.49. The number of H-pyrrole nitrogens is 1. The Labute approximate surface area is 127 Å². The Hall–Kier alpha value is -1.06. The topological polar surface area (TPSA) is 103 Å². The summed E-state index contributed by atoms with van der Waals surface area (Å²) in [5.74, 6) is 0.0484. The highest BCUT2D eigenvalue weighted by molar-refractivity contribution is 8.01. The lowest BCUT2D eigenvalue weighted by Crippen LogP contribution is -2.46. The summed E-state index contributed by atoms with van der Waals surface area (Å²) >= 11 is 1.42. The molecule has 1 aliphatic heterocycles. The molecular weight excluding hydrogens is 314 g/mol. The van der Waals surface area contributed by atoms with E-state index in [0.29, 0.717) is 18.0 Å². The van der Waals surface area contributed by atoms with Gasteiger partial charge in [0.05, 0.1) is 11.6 Å². The zero-order valence-electron chi connectivity index (χ0n) is 11.5. The van der Waals surface area contributed by atoms with E-state index in [-0.39, 0.29) is 16.3 Å². The molecule has 1 saturated carbocycles. The van der Waals surface area contributed by atoms with Crippen LogP contribution in [0.4, 0.5) is 0 Å². The van der Waals surface area contributed by atoms with Crippen LogP contribution in [0.15, 0.2) is 11.2 Å². The molecule has 2 atom stereocenters. The van der Waals surface area contributed by atoms with Crippen molar-refractivity contribution in [1.82, 2.24) is 14.3 Å². The molecule has 1 aromatic rings. The maximum absolute atomic E-state index is 12.8. The van der Waals surface area contributed by atoms with Crippen molar-refractivity contribution >= 4 is 27.8 Å². The van der Waals surface area contributed by atoms with Gasteiger partial charge >= 0.3 is 5.97 Å². The lowest BCUT2D eigenvalue weighted by Gasteiger charge is -2.25. The first kappa shape index (κ1) is 14.9. The van der Waals surface area contributed by atoms with Crippen LogP contribution in [0.1, 0.15) is 25.6 Å². The SMILES string of the molecule is CCc1ncc(S(=O)(=O)N2C(C(=O)O)CSC2C2CC2)[nH]1. The van der Waals surface area contributed by atoms with Gasteiger partial charge in [-0.2, -0.15) is 4.31 Å². The van der Waals surface area contributed by atoms with Gasteiger partial charge < -0.3 is 10.1 Å². The van der Waals surface area contributed by atoms with E-state index < -0.39 is 22.0 Å². The third-order valence-electron chi connectivity index (χ3n) is 3.79. The molecule has 9 heteroatoms. The Morgan fingerprint density at radius 2 is 2.29 bits per heavy atom. The summed E-state index contributed by atoms with van der Waals surface area (Å²) in [6, 6.07) is -1.00. The number of aromatic nitrogens is 2. The van der Waals surface area contributed by atoms with Gasteiger partial charge in [0, 0.05) is 12.2 Å². The van der Waals surface area contributed by atoms with Crippen molar-refractivity contribution in [2.24, 2.45) is 5.92 Å². The molecule has 7 nitrogen and oxygen atoms in total. The molecule has 2 unspecified atom stereocenters. The Balaban J connectivity index is 1.98. The average molecular weight is 331 g/mol. The second-order valence-corrected chi connectivity index (χ2v) is 8.26. The third kappa shape index (κ3) is 2.58. The van der Waals surface area contributed by atoms with Crippen molar-refractivity contribution < 1.29 is 18.3 Å². The first-order chi connectivity index (χ1) is 9.95. The molecule has 1 aromatic heterocycles. The van der Waals surface area contributed by atoms with E-state index in [4.69, 9.17) is 0 Å². The van der Waals surface area contributed by atoms with Crippen LogP contribution in [0, 0.1) is 5.92 Å². The molecule has 0 bridgehead atoms. The first-order valence-electron chi connectivity index (χ1n) is 6.87. The normalized spacial score (nSPS) is 27.1. The van der Waals surface area contributed by atoms with Gasteiger partial charge in [-0.3, -0.25) is 4.79 Å². The van der Waals surface area contributed by atoms with Gasteiger partial charge in [-0.25, -0.2) is 13.4 Å². The summed E-state index contributed by atoms with van der Waals surface area (Å²) in [6.07, 6.45) is 3.79.